The lowest BCUT2D eigenvalue weighted by atomic mass is 10.2. The van der Waals surface area contributed by atoms with E-state index in [0.717, 1.165) is 13.0 Å². The van der Waals surface area contributed by atoms with E-state index in [0.29, 0.717) is 18.6 Å². The molecule has 0 aromatic carbocycles. The molecule has 0 saturated carbocycles. The largest absolute Gasteiger partial charge is 0.300 e. The summed E-state index contributed by atoms with van der Waals surface area (Å²) in [7, 11) is 0. The minimum atomic E-state index is 0.335. The Bertz CT molecular complexity index is 229. The van der Waals surface area contributed by atoms with Crippen molar-refractivity contribution in [2.75, 3.05) is 0 Å². The van der Waals surface area contributed by atoms with Gasteiger partial charge in [-0.2, -0.15) is 5.10 Å². The maximum absolute atomic E-state index is 10.9. The lowest BCUT2D eigenvalue weighted by Gasteiger charge is -1.99. The molecule has 0 amide bonds. The molecule has 3 heteroatoms. The van der Waals surface area contributed by atoms with Crippen LogP contribution in [-0.2, 0) is 11.3 Å². The summed E-state index contributed by atoms with van der Waals surface area (Å²) in [5, 5.41) is 4.04. The number of rotatable bonds is 5. The first-order chi connectivity index (χ1) is 5.83. The summed E-state index contributed by atoms with van der Waals surface area (Å²) in [5.41, 5.74) is 0. The Labute approximate surface area is 72.4 Å². The summed E-state index contributed by atoms with van der Waals surface area (Å²) >= 11 is 0. The van der Waals surface area contributed by atoms with Crippen LogP contribution in [0.5, 0.6) is 0 Å². The molecule has 0 aliphatic carbocycles. The van der Waals surface area contributed by atoms with Gasteiger partial charge in [0.25, 0.3) is 0 Å². The van der Waals surface area contributed by atoms with Gasteiger partial charge in [-0.25, -0.2) is 0 Å². The molecule has 0 saturated heterocycles. The highest BCUT2D eigenvalue weighted by atomic mass is 16.1. The molecule has 1 aromatic rings. The van der Waals surface area contributed by atoms with E-state index in [-0.39, 0.29) is 0 Å². The second-order valence-electron chi connectivity index (χ2n) is 2.76. The van der Waals surface area contributed by atoms with Crippen LogP contribution in [0.25, 0.3) is 0 Å². The Morgan fingerprint density at radius 3 is 3.00 bits per heavy atom. The van der Waals surface area contributed by atoms with Gasteiger partial charge < -0.3 is 0 Å². The molecule has 66 valence electrons. The van der Waals surface area contributed by atoms with Gasteiger partial charge in [0.2, 0.25) is 0 Å². The fourth-order valence-electron chi connectivity index (χ4n) is 1.05. The Balaban J connectivity index is 2.15. The molecule has 1 heterocycles. The van der Waals surface area contributed by atoms with Crippen LogP contribution in [0.1, 0.15) is 26.2 Å². The van der Waals surface area contributed by atoms with Crippen molar-refractivity contribution in [2.45, 2.75) is 32.7 Å². The molecule has 0 radical (unpaired) electrons. The predicted molar refractivity (Wildman–Crippen MR) is 46.8 cm³/mol. The van der Waals surface area contributed by atoms with Crippen LogP contribution in [0, 0.1) is 0 Å². The number of nitrogens with zero attached hydrogens (tertiary/aromatic N) is 2. The lowest BCUT2D eigenvalue weighted by Crippen LogP contribution is -2.01. The first kappa shape index (κ1) is 8.97. The fraction of sp³-hybridized carbons (Fsp3) is 0.556. The Morgan fingerprint density at radius 2 is 2.42 bits per heavy atom. The van der Waals surface area contributed by atoms with Gasteiger partial charge in [0.1, 0.15) is 5.78 Å². The highest BCUT2D eigenvalue weighted by Gasteiger charge is 1.97. The van der Waals surface area contributed by atoms with E-state index in [1.807, 2.05) is 23.9 Å². The minimum Gasteiger partial charge on any atom is -0.300 e. The number of aromatic nitrogens is 2. The quantitative estimate of drug-likeness (QED) is 0.666. The molecule has 0 aliphatic rings. The molecule has 0 spiro atoms. The molecule has 0 aliphatic heterocycles. The summed E-state index contributed by atoms with van der Waals surface area (Å²) in [6, 6.07) is 1.89. The molecular weight excluding hydrogens is 152 g/mol. The third-order valence-corrected chi connectivity index (χ3v) is 1.80. The lowest BCUT2D eigenvalue weighted by molar-refractivity contribution is -0.118. The predicted octanol–water partition coefficient (Wildman–Crippen LogP) is 1.64. The van der Waals surface area contributed by atoms with E-state index in [4.69, 9.17) is 0 Å². The monoisotopic (exact) mass is 166 g/mol. The van der Waals surface area contributed by atoms with E-state index in [1.54, 1.807) is 6.20 Å². The molecule has 0 atom stereocenters. The standard InChI is InChI=1S/C9H14N2O/c1-2-9(12)5-3-7-11-8-4-6-10-11/h4,6,8H,2-3,5,7H2,1H3. The molecule has 1 rings (SSSR count). The van der Waals surface area contributed by atoms with E-state index >= 15 is 0 Å². The fourth-order valence-corrected chi connectivity index (χ4v) is 1.05. The molecular formula is C9H14N2O. The molecule has 3 nitrogen and oxygen atoms in total. The van der Waals surface area contributed by atoms with Crippen LogP contribution in [-0.4, -0.2) is 15.6 Å². The van der Waals surface area contributed by atoms with E-state index in [1.165, 1.54) is 0 Å². The molecule has 0 unspecified atom stereocenters. The SMILES string of the molecule is CCC(=O)CCCn1cccn1. The van der Waals surface area contributed by atoms with Gasteiger partial charge in [0.15, 0.2) is 0 Å². The van der Waals surface area contributed by atoms with Crippen LogP contribution in [0.3, 0.4) is 0 Å². The topological polar surface area (TPSA) is 34.9 Å². The average Bonchev–Trinajstić information content (AvgIpc) is 2.57. The first-order valence-electron chi connectivity index (χ1n) is 4.32. The number of hydrogen-bond acceptors (Lipinski definition) is 2. The zero-order valence-electron chi connectivity index (χ0n) is 7.36. The van der Waals surface area contributed by atoms with Crippen LogP contribution < -0.4 is 0 Å². The second-order valence-corrected chi connectivity index (χ2v) is 2.76. The Hall–Kier alpha value is -1.12. The van der Waals surface area contributed by atoms with Gasteiger partial charge in [-0.3, -0.25) is 9.48 Å². The van der Waals surface area contributed by atoms with Gasteiger partial charge >= 0.3 is 0 Å². The van der Waals surface area contributed by atoms with Crippen molar-refractivity contribution in [3.63, 3.8) is 0 Å². The van der Waals surface area contributed by atoms with Crippen LogP contribution in [0.4, 0.5) is 0 Å². The van der Waals surface area contributed by atoms with Crippen LogP contribution in [0.2, 0.25) is 0 Å². The van der Waals surface area contributed by atoms with Gasteiger partial charge in [0, 0.05) is 31.8 Å². The van der Waals surface area contributed by atoms with Gasteiger partial charge in [0.05, 0.1) is 0 Å². The van der Waals surface area contributed by atoms with Crippen molar-refractivity contribution in [3.05, 3.63) is 18.5 Å². The molecule has 0 N–H and O–H groups in total. The van der Waals surface area contributed by atoms with Gasteiger partial charge in [-0.1, -0.05) is 6.92 Å². The summed E-state index contributed by atoms with van der Waals surface area (Å²) in [6.45, 7) is 2.75. The van der Waals surface area contributed by atoms with Crippen LogP contribution >= 0.6 is 0 Å². The Morgan fingerprint density at radius 1 is 1.58 bits per heavy atom. The number of carbonyl (C=O) groups is 1. The van der Waals surface area contributed by atoms with E-state index in [2.05, 4.69) is 5.10 Å². The van der Waals surface area contributed by atoms with Crippen LogP contribution in [0.15, 0.2) is 18.5 Å². The third kappa shape index (κ3) is 2.86. The number of Topliss-reactive ketones (excluding diaryl/α,β-unsaturated/α-hetero) is 1. The van der Waals surface area contributed by atoms with E-state index in [9.17, 15) is 4.79 Å². The summed E-state index contributed by atoms with van der Waals surface area (Å²) in [4.78, 5) is 10.9. The van der Waals surface area contributed by atoms with E-state index < -0.39 is 0 Å². The smallest absolute Gasteiger partial charge is 0.132 e. The third-order valence-electron chi connectivity index (χ3n) is 1.80. The summed E-state index contributed by atoms with van der Waals surface area (Å²) < 4.78 is 1.85. The maximum Gasteiger partial charge on any atom is 0.132 e. The Kier molecular flexibility index (Phi) is 3.51. The average molecular weight is 166 g/mol. The summed E-state index contributed by atoms with van der Waals surface area (Å²) in [5.74, 6) is 0.335. The molecule has 1 aromatic heterocycles. The zero-order valence-corrected chi connectivity index (χ0v) is 7.36. The number of aryl methyl sites for hydroxylation is 1. The van der Waals surface area contributed by atoms with Crippen molar-refractivity contribution >= 4 is 5.78 Å². The normalized spacial score (nSPS) is 10.1. The second kappa shape index (κ2) is 4.70. The number of carbonyl (C=O) groups excluding carboxylic acids is 1. The van der Waals surface area contributed by atoms with Crippen molar-refractivity contribution in [1.82, 2.24) is 9.78 Å². The maximum atomic E-state index is 10.9. The number of hydrogen-bond donors (Lipinski definition) is 0. The van der Waals surface area contributed by atoms with Crippen molar-refractivity contribution in [3.8, 4) is 0 Å². The first-order valence-corrected chi connectivity index (χ1v) is 4.32. The van der Waals surface area contributed by atoms with Crippen molar-refractivity contribution < 1.29 is 4.79 Å². The minimum absolute atomic E-state index is 0.335. The summed E-state index contributed by atoms with van der Waals surface area (Å²) in [6.07, 6.45) is 5.89. The highest BCUT2D eigenvalue weighted by Crippen LogP contribution is 1.97. The molecule has 0 fully saturated rings. The van der Waals surface area contributed by atoms with Gasteiger partial charge in [-0.05, 0) is 12.5 Å². The highest BCUT2D eigenvalue weighted by molar-refractivity contribution is 5.77. The molecule has 12 heavy (non-hydrogen) atoms. The number of ketones is 1. The van der Waals surface area contributed by atoms with Crippen molar-refractivity contribution in [2.24, 2.45) is 0 Å². The molecule has 0 bridgehead atoms. The zero-order chi connectivity index (χ0) is 8.81. The van der Waals surface area contributed by atoms with Crippen molar-refractivity contribution in [1.29, 1.82) is 0 Å². The van der Waals surface area contributed by atoms with Gasteiger partial charge in [-0.15, -0.1) is 0 Å².